The van der Waals surface area contributed by atoms with Gasteiger partial charge >= 0.3 is 6.03 Å². The summed E-state index contributed by atoms with van der Waals surface area (Å²) >= 11 is 1.37. The molecule has 22 heavy (non-hydrogen) atoms. The van der Waals surface area contributed by atoms with Crippen molar-refractivity contribution in [2.45, 2.75) is 25.8 Å². The van der Waals surface area contributed by atoms with Crippen LogP contribution in [0.25, 0.3) is 0 Å². The van der Waals surface area contributed by atoms with E-state index in [0.29, 0.717) is 11.6 Å². The Hall–Kier alpha value is -2.41. The number of thiazole rings is 1. The lowest BCUT2D eigenvalue weighted by molar-refractivity contribution is -0.116. The summed E-state index contributed by atoms with van der Waals surface area (Å²) in [4.78, 5) is 27.3. The predicted molar refractivity (Wildman–Crippen MR) is 86.1 cm³/mol. The molecule has 0 saturated heterocycles. The second-order valence-electron chi connectivity index (χ2n) is 5.12. The van der Waals surface area contributed by atoms with Gasteiger partial charge in [0.1, 0.15) is 0 Å². The molecule has 0 aliphatic carbocycles. The molecule has 6 nitrogen and oxygen atoms in total. The highest BCUT2D eigenvalue weighted by atomic mass is 32.1. The van der Waals surface area contributed by atoms with Gasteiger partial charge < -0.3 is 10.6 Å². The van der Waals surface area contributed by atoms with Gasteiger partial charge in [0, 0.05) is 23.7 Å². The molecule has 3 amide bonds. The van der Waals surface area contributed by atoms with Crippen molar-refractivity contribution in [2.75, 3.05) is 10.6 Å². The van der Waals surface area contributed by atoms with Crippen LogP contribution < -0.4 is 16.0 Å². The van der Waals surface area contributed by atoms with Crippen molar-refractivity contribution < 1.29 is 9.59 Å². The van der Waals surface area contributed by atoms with E-state index in [9.17, 15) is 9.59 Å². The van der Waals surface area contributed by atoms with Crippen LogP contribution in [0.5, 0.6) is 0 Å². The number of amides is 3. The van der Waals surface area contributed by atoms with Gasteiger partial charge in [-0.3, -0.25) is 10.1 Å². The van der Waals surface area contributed by atoms with Crippen molar-refractivity contribution in [3.8, 4) is 0 Å². The highest BCUT2D eigenvalue weighted by Gasteiger charge is 2.17. The number of aryl methyl sites for hydroxylation is 1. The Morgan fingerprint density at radius 1 is 1.41 bits per heavy atom. The fourth-order valence-electron chi connectivity index (χ4n) is 2.37. The van der Waals surface area contributed by atoms with Crippen LogP contribution >= 0.6 is 11.3 Å². The third kappa shape index (κ3) is 3.25. The number of hydrogen-bond acceptors (Lipinski definition) is 4. The number of rotatable bonds is 3. The minimum atomic E-state index is -0.284. The molecule has 0 bridgehead atoms. The maximum atomic E-state index is 11.9. The molecule has 2 heterocycles. The molecule has 3 N–H and O–H groups in total. The number of fused-ring (bicyclic) bond motifs is 1. The summed E-state index contributed by atoms with van der Waals surface area (Å²) < 4.78 is 0. The Kier molecular flexibility index (Phi) is 4.06. The number of carbonyl (C=O) groups is 2. The average molecular weight is 316 g/mol. The molecule has 0 spiro atoms. The van der Waals surface area contributed by atoms with Gasteiger partial charge in [0.15, 0.2) is 5.13 Å². The van der Waals surface area contributed by atoms with E-state index in [1.54, 1.807) is 11.6 Å². The van der Waals surface area contributed by atoms with Crippen LogP contribution in [0.3, 0.4) is 0 Å². The first-order valence-corrected chi connectivity index (χ1v) is 7.89. The molecule has 0 fully saturated rings. The van der Waals surface area contributed by atoms with E-state index in [2.05, 4.69) is 20.9 Å². The largest absolute Gasteiger partial charge is 0.331 e. The van der Waals surface area contributed by atoms with Crippen LogP contribution in [0.1, 0.15) is 30.5 Å². The number of urea groups is 1. The molecule has 0 radical (unpaired) electrons. The van der Waals surface area contributed by atoms with Crippen LogP contribution in [0.15, 0.2) is 29.8 Å². The summed E-state index contributed by atoms with van der Waals surface area (Å²) in [5.41, 5.74) is 2.97. The lowest BCUT2D eigenvalue weighted by atomic mass is 9.98. The van der Waals surface area contributed by atoms with Gasteiger partial charge in [-0.15, -0.1) is 11.3 Å². The Balaban J connectivity index is 1.66. The maximum absolute atomic E-state index is 11.9. The van der Waals surface area contributed by atoms with E-state index in [1.165, 1.54) is 11.3 Å². The van der Waals surface area contributed by atoms with Crippen LogP contribution in [0.2, 0.25) is 0 Å². The Labute approximate surface area is 132 Å². The topological polar surface area (TPSA) is 83.1 Å². The molecule has 2 aromatic rings. The quantitative estimate of drug-likeness (QED) is 0.814. The van der Waals surface area contributed by atoms with Crippen molar-refractivity contribution in [1.82, 2.24) is 10.3 Å². The van der Waals surface area contributed by atoms with Gasteiger partial charge in [-0.2, -0.15) is 0 Å². The SMILES string of the molecule is C[C@H](NC(=O)Nc1nccs1)c1ccc2c(c1)CCC(=O)N2. The zero-order valence-corrected chi connectivity index (χ0v) is 12.9. The molecule has 0 unspecified atom stereocenters. The van der Waals surface area contributed by atoms with Crippen molar-refractivity contribution in [3.63, 3.8) is 0 Å². The Bertz CT molecular complexity index is 700. The number of aromatic nitrogens is 1. The number of anilines is 2. The fraction of sp³-hybridized carbons (Fsp3) is 0.267. The number of nitrogens with zero attached hydrogens (tertiary/aromatic N) is 1. The monoisotopic (exact) mass is 316 g/mol. The molecule has 1 atom stereocenters. The molecule has 7 heteroatoms. The normalized spacial score (nSPS) is 14.7. The van der Waals surface area contributed by atoms with Crippen LogP contribution in [0.4, 0.5) is 15.6 Å². The predicted octanol–water partition coefficient (Wildman–Crippen LogP) is 2.91. The average Bonchev–Trinajstić information content (AvgIpc) is 2.99. The summed E-state index contributed by atoms with van der Waals surface area (Å²) in [6.07, 6.45) is 2.87. The third-order valence-electron chi connectivity index (χ3n) is 3.53. The first-order chi connectivity index (χ1) is 10.6. The smallest absolute Gasteiger partial charge is 0.321 e. The minimum Gasteiger partial charge on any atom is -0.331 e. The molecule has 1 aromatic heterocycles. The standard InChI is InChI=1S/C15H16N4O2S/c1-9(17-14(21)19-15-16-6-7-22-15)10-2-4-12-11(8-10)3-5-13(20)18-12/h2,4,6-9H,3,5H2,1H3,(H,18,20)(H2,16,17,19,21)/t9-/m0/s1. The summed E-state index contributed by atoms with van der Waals surface area (Å²) in [5.74, 6) is 0.0502. The van der Waals surface area contributed by atoms with Crippen molar-refractivity contribution >= 4 is 34.1 Å². The van der Waals surface area contributed by atoms with Crippen LogP contribution in [-0.2, 0) is 11.2 Å². The molecule has 0 saturated carbocycles. The summed E-state index contributed by atoms with van der Waals surface area (Å²) in [7, 11) is 0. The van der Waals surface area contributed by atoms with Crippen molar-refractivity contribution in [1.29, 1.82) is 0 Å². The second-order valence-corrected chi connectivity index (χ2v) is 6.02. The van der Waals surface area contributed by atoms with Gasteiger partial charge in [0.05, 0.1) is 6.04 Å². The Morgan fingerprint density at radius 2 is 2.27 bits per heavy atom. The summed E-state index contributed by atoms with van der Waals surface area (Å²) in [6, 6.07) is 5.41. The van der Waals surface area contributed by atoms with Gasteiger partial charge in [0.2, 0.25) is 5.91 Å². The molecule has 3 rings (SSSR count). The number of carbonyl (C=O) groups excluding carboxylic acids is 2. The third-order valence-corrected chi connectivity index (χ3v) is 4.21. The van der Waals surface area contributed by atoms with Crippen LogP contribution in [-0.4, -0.2) is 16.9 Å². The molecule has 1 aliphatic rings. The molecular formula is C15H16N4O2S. The van der Waals surface area contributed by atoms with Crippen molar-refractivity contribution in [2.24, 2.45) is 0 Å². The van der Waals surface area contributed by atoms with Gasteiger partial charge in [0.25, 0.3) is 0 Å². The van der Waals surface area contributed by atoms with E-state index in [1.807, 2.05) is 25.1 Å². The zero-order chi connectivity index (χ0) is 15.5. The van der Waals surface area contributed by atoms with Gasteiger partial charge in [-0.1, -0.05) is 12.1 Å². The number of benzene rings is 1. The molecule has 1 aromatic carbocycles. The highest BCUT2D eigenvalue weighted by molar-refractivity contribution is 7.13. The van der Waals surface area contributed by atoms with E-state index < -0.39 is 0 Å². The summed E-state index contributed by atoms with van der Waals surface area (Å²) in [6.45, 7) is 1.92. The minimum absolute atomic E-state index is 0.0502. The van der Waals surface area contributed by atoms with Crippen molar-refractivity contribution in [3.05, 3.63) is 40.9 Å². The molecule has 1 aliphatic heterocycles. The fourth-order valence-corrected chi connectivity index (χ4v) is 2.89. The maximum Gasteiger partial charge on any atom is 0.321 e. The zero-order valence-electron chi connectivity index (χ0n) is 12.1. The van der Waals surface area contributed by atoms with Crippen LogP contribution in [0, 0.1) is 0 Å². The second kappa shape index (κ2) is 6.15. The van der Waals surface area contributed by atoms with E-state index in [0.717, 1.165) is 23.2 Å². The first kappa shape index (κ1) is 14.5. The van der Waals surface area contributed by atoms with Gasteiger partial charge in [-0.05, 0) is 30.5 Å². The molecule has 114 valence electrons. The first-order valence-electron chi connectivity index (χ1n) is 7.01. The number of nitrogens with one attached hydrogen (secondary N) is 3. The number of hydrogen-bond donors (Lipinski definition) is 3. The van der Waals surface area contributed by atoms with E-state index >= 15 is 0 Å². The lowest BCUT2D eigenvalue weighted by Crippen LogP contribution is -2.31. The van der Waals surface area contributed by atoms with E-state index in [4.69, 9.17) is 0 Å². The lowest BCUT2D eigenvalue weighted by Gasteiger charge is -2.20. The van der Waals surface area contributed by atoms with Gasteiger partial charge in [-0.25, -0.2) is 9.78 Å². The van der Waals surface area contributed by atoms with E-state index in [-0.39, 0.29) is 18.0 Å². The Morgan fingerprint density at radius 3 is 3.05 bits per heavy atom. The highest BCUT2D eigenvalue weighted by Crippen LogP contribution is 2.26. The summed E-state index contributed by atoms with van der Waals surface area (Å²) in [5, 5.41) is 10.8. The molecular weight excluding hydrogens is 300 g/mol.